The highest BCUT2D eigenvalue weighted by atomic mass is 15.0. The van der Waals surface area contributed by atoms with Crippen molar-refractivity contribution in [1.29, 1.82) is 5.26 Å². The summed E-state index contributed by atoms with van der Waals surface area (Å²) in [4.78, 5) is 0. The molecule has 2 heterocycles. The van der Waals surface area contributed by atoms with E-state index in [1.165, 1.54) is 71.7 Å². The zero-order chi connectivity index (χ0) is 40.1. The molecule has 0 saturated carbocycles. The van der Waals surface area contributed by atoms with Gasteiger partial charge in [-0.05, 0) is 135 Å². The van der Waals surface area contributed by atoms with Crippen LogP contribution in [0.5, 0.6) is 0 Å². The smallest absolute Gasteiger partial charge is 0.0991 e. The SMILES string of the molecule is C=C(/C=C\c1c(C)c2ccccc2n1-c1ccccc1)c1ccc2c(c1)c1ccccc1n2-c1ccc2c(c1)C1(c3ccccc3-c3ccccc31)c1cc(C#N)ccc1-2. The van der Waals surface area contributed by atoms with Gasteiger partial charge in [0.15, 0.2) is 0 Å². The molecule has 2 aromatic heterocycles. The Morgan fingerprint density at radius 2 is 1.10 bits per heavy atom. The molecule has 0 bridgehead atoms. The fourth-order valence-electron chi connectivity index (χ4n) is 10.5. The summed E-state index contributed by atoms with van der Waals surface area (Å²) >= 11 is 0. The Hall–Kier alpha value is -7.93. The summed E-state index contributed by atoms with van der Waals surface area (Å²) in [5, 5.41) is 13.8. The van der Waals surface area contributed by atoms with Crippen LogP contribution in [0.1, 0.15) is 44.6 Å². The Bertz CT molecular complexity index is 3480. The minimum atomic E-state index is -0.554. The van der Waals surface area contributed by atoms with Crippen molar-refractivity contribution in [2.75, 3.05) is 0 Å². The van der Waals surface area contributed by atoms with Gasteiger partial charge in [0.05, 0.1) is 33.6 Å². The van der Waals surface area contributed by atoms with Crippen LogP contribution >= 0.6 is 0 Å². The Labute approximate surface area is 348 Å². The van der Waals surface area contributed by atoms with Gasteiger partial charge >= 0.3 is 0 Å². The monoisotopic (exact) mass is 763 g/mol. The number of rotatable bonds is 5. The lowest BCUT2D eigenvalue weighted by Gasteiger charge is -2.31. The van der Waals surface area contributed by atoms with Gasteiger partial charge in [-0.25, -0.2) is 0 Å². The first-order chi connectivity index (χ1) is 29.6. The summed E-state index contributed by atoms with van der Waals surface area (Å²) in [5.41, 5.74) is 20.1. The van der Waals surface area contributed by atoms with E-state index in [1.807, 2.05) is 6.07 Å². The average molecular weight is 764 g/mol. The third-order valence-corrected chi connectivity index (χ3v) is 13.1. The molecule has 280 valence electrons. The van der Waals surface area contributed by atoms with Crippen molar-refractivity contribution >= 4 is 44.4 Å². The number of fused-ring (bicyclic) bond motifs is 14. The van der Waals surface area contributed by atoms with E-state index in [9.17, 15) is 5.26 Å². The van der Waals surface area contributed by atoms with E-state index in [-0.39, 0.29) is 0 Å². The van der Waals surface area contributed by atoms with Crippen LogP contribution in [0.3, 0.4) is 0 Å². The molecular weight excluding hydrogens is 727 g/mol. The van der Waals surface area contributed by atoms with Gasteiger partial charge in [-0.2, -0.15) is 5.26 Å². The highest BCUT2D eigenvalue weighted by molar-refractivity contribution is 6.10. The molecule has 0 unspecified atom stereocenters. The maximum Gasteiger partial charge on any atom is 0.0991 e. The van der Waals surface area contributed by atoms with Crippen LogP contribution in [0.15, 0.2) is 195 Å². The molecule has 2 aliphatic carbocycles. The molecule has 0 fully saturated rings. The van der Waals surface area contributed by atoms with Crippen molar-refractivity contribution in [2.24, 2.45) is 0 Å². The van der Waals surface area contributed by atoms with Crippen LogP contribution in [-0.4, -0.2) is 9.13 Å². The molecular formula is C57H37N3. The lowest BCUT2D eigenvalue weighted by molar-refractivity contribution is 0.792. The number of para-hydroxylation sites is 3. The Kier molecular flexibility index (Phi) is 7.28. The molecule has 10 aromatic rings. The molecule has 60 heavy (non-hydrogen) atoms. The van der Waals surface area contributed by atoms with Gasteiger partial charge < -0.3 is 9.13 Å². The van der Waals surface area contributed by atoms with Gasteiger partial charge in [-0.1, -0.05) is 134 Å². The first-order valence-electron chi connectivity index (χ1n) is 20.5. The standard InChI is InChI=1S/C57H37N3/c1-36(24-30-53-37(2)42-16-8-12-22-54(42)59(53)40-14-4-3-5-15-40)39-26-31-56-48(33-39)47-19-9-13-23-55(47)60(56)41-27-29-46-45-28-25-38(35-58)32-51(45)57(52(46)34-41)49-20-10-6-17-43(49)44-18-7-11-21-50(44)57/h3-34H,1H2,2H3/b30-24-. The number of nitrogens with zero attached hydrogens (tertiary/aromatic N) is 3. The van der Waals surface area contributed by atoms with Gasteiger partial charge in [0.1, 0.15) is 0 Å². The van der Waals surface area contributed by atoms with Crippen LogP contribution < -0.4 is 0 Å². The van der Waals surface area contributed by atoms with Crippen molar-refractivity contribution in [2.45, 2.75) is 12.3 Å². The Balaban J connectivity index is 1.01. The van der Waals surface area contributed by atoms with Crippen molar-refractivity contribution in [1.82, 2.24) is 9.13 Å². The topological polar surface area (TPSA) is 33.6 Å². The molecule has 12 rings (SSSR count). The summed E-state index contributed by atoms with van der Waals surface area (Å²) in [5.74, 6) is 0. The Morgan fingerprint density at radius 3 is 1.83 bits per heavy atom. The van der Waals surface area contributed by atoms with Crippen molar-refractivity contribution in [3.63, 3.8) is 0 Å². The van der Waals surface area contributed by atoms with Gasteiger partial charge in [0, 0.05) is 33.2 Å². The van der Waals surface area contributed by atoms with Crippen LogP contribution in [0.2, 0.25) is 0 Å². The van der Waals surface area contributed by atoms with Crippen LogP contribution in [0, 0.1) is 18.3 Å². The fraction of sp³-hybridized carbons (Fsp3) is 0.0351. The number of aryl methyl sites for hydroxylation is 1. The van der Waals surface area contributed by atoms with Crippen LogP contribution in [0.4, 0.5) is 0 Å². The summed E-state index contributed by atoms with van der Waals surface area (Å²) in [6.07, 6.45) is 4.38. The average Bonchev–Trinajstić information content (AvgIpc) is 3.99. The maximum atomic E-state index is 10.1. The third kappa shape index (κ3) is 4.59. The molecule has 8 aromatic carbocycles. The van der Waals surface area contributed by atoms with Gasteiger partial charge in [0.25, 0.3) is 0 Å². The second-order valence-corrected chi connectivity index (χ2v) is 16.1. The van der Waals surface area contributed by atoms with Gasteiger partial charge in [-0.15, -0.1) is 0 Å². The highest BCUT2D eigenvalue weighted by Gasteiger charge is 2.51. The molecule has 0 aliphatic heterocycles. The quantitative estimate of drug-likeness (QED) is 0.161. The minimum absolute atomic E-state index is 0.554. The lowest BCUT2D eigenvalue weighted by atomic mass is 9.70. The number of aromatic nitrogens is 2. The van der Waals surface area contributed by atoms with Crippen LogP contribution in [0.25, 0.3) is 78.0 Å². The lowest BCUT2D eigenvalue weighted by Crippen LogP contribution is -2.26. The molecule has 3 nitrogen and oxygen atoms in total. The van der Waals surface area contributed by atoms with E-state index in [1.54, 1.807) is 0 Å². The zero-order valence-corrected chi connectivity index (χ0v) is 33.0. The van der Waals surface area contributed by atoms with Crippen molar-refractivity contribution in [3.8, 4) is 39.7 Å². The Morgan fingerprint density at radius 1 is 0.517 bits per heavy atom. The number of nitriles is 1. The van der Waals surface area contributed by atoms with Gasteiger partial charge in [0.2, 0.25) is 0 Å². The van der Waals surface area contributed by atoms with Crippen LogP contribution in [-0.2, 0) is 5.41 Å². The molecule has 0 amide bonds. The number of allylic oxidation sites excluding steroid dienone is 2. The largest absolute Gasteiger partial charge is 0.310 e. The first-order valence-corrected chi connectivity index (χ1v) is 20.5. The summed E-state index contributed by atoms with van der Waals surface area (Å²) in [7, 11) is 0. The second kappa shape index (κ2) is 12.8. The summed E-state index contributed by atoms with van der Waals surface area (Å²) < 4.78 is 4.76. The molecule has 0 saturated heterocycles. The zero-order valence-electron chi connectivity index (χ0n) is 33.0. The number of hydrogen-bond acceptors (Lipinski definition) is 1. The second-order valence-electron chi connectivity index (χ2n) is 16.1. The minimum Gasteiger partial charge on any atom is -0.310 e. The summed E-state index contributed by atoms with van der Waals surface area (Å²) in [6.45, 7) is 6.81. The molecule has 0 N–H and O–H groups in total. The predicted molar refractivity (Wildman–Crippen MR) is 248 cm³/mol. The van der Waals surface area contributed by atoms with Crippen molar-refractivity contribution < 1.29 is 0 Å². The van der Waals surface area contributed by atoms with E-state index < -0.39 is 5.41 Å². The third-order valence-electron chi connectivity index (χ3n) is 13.1. The van der Waals surface area contributed by atoms with E-state index >= 15 is 0 Å². The molecule has 0 atom stereocenters. The molecule has 0 radical (unpaired) electrons. The molecule has 3 heteroatoms. The van der Waals surface area contributed by atoms with E-state index in [4.69, 9.17) is 0 Å². The normalized spacial score (nSPS) is 13.2. The van der Waals surface area contributed by atoms with Gasteiger partial charge in [-0.3, -0.25) is 0 Å². The number of benzene rings is 8. The van der Waals surface area contributed by atoms with E-state index in [2.05, 4.69) is 217 Å². The number of hydrogen-bond donors (Lipinski definition) is 0. The van der Waals surface area contributed by atoms with E-state index in [0.717, 1.165) is 39.2 Å². The highest BCUT2D eigenvalue weighted by Crippen LogP contribution is 2.63. The van der Waals surface area contributed by atoms with Crippen molar-refractivity contribution in [3.05, 3.63) is 239 Å². The predicted octanol–water partition coefficient (Wildman–Crippen LogP) is 14.0. The maximum absolute atomic E-state index is 10.1. The van der Waals surface area contributed by atoms with E-state index in [0.29, 0.717) is 5.56 Å². The molecule has 1 spiro atoms. The molecule has 2 aliphatic rings. The first kappa shape index (κ1) is 34.1. The summed E-state index contributed by atoms with van der Waals surface area (Å²) in [6, 6.07) is 68.0. The fourth-order valence-corrected chi connectivity index (χ4v) is 10.5.